The van der Waals surface area contributed by atoms with E-state index in [0.29, 0.717) is 12.5 Å². The van der Waals surface area contributed by atoms with Crippen LogP contribution in [0.15, 0.2) is 29.9 Å². The molecular weight excluding hydrogens is 294 g/mol. The van der Waals surface area contributed by atoms with Gasteiger partial charge in [-0.2, -0.15) is 0 Å². The van der Waals surface area contributed by atoms with Gasteiger partial charge in [0.25, 0.3) is 0 Å². The van der Waals surface area contributed by atoms with Crippen LogP contribution in [0.25, 0.3) is 10.6 Å². The number of amides is 1. The lowest BCUT2D eigenvalue weighted by Gasteiger charge is -2.15. The summed E-state index contributed by atoms with van der Waals surface area (Å²) in [5.41, 5.74) is 1.85. The molecule has 0 aliphatic heterocycles. The lowest BCUT2D eigenvalue weighted by Crippen LogP contribution is -2.35. The smallest absolute Gasteiger partial charge is 0.226 e. The third-order valence-electron chi connectivity index (χ3n) is 4.02. The molecule has 2 aromatic heterocycles. The third kappa shape index (κ3) is 4.13. The summed E-state index contributed by atoms with van der Waals surface area (Å²) in [6.45, 7) is 0. The van der Waals surface area contributed by atoms with Crippen molar-refractivity contribution in [1.29, 1.82) is 0 Å². The Morgan fingerprint density at radius 1 is 1.27 bits per heavy atom. The second-order valence-corrected chi connectivity index (χ2v) is 6.68. The van der Waals surface area contributed by atoms with E-state index in [1.54, 1.807) is 23.7 Å². The number of hydrogen-bond acceptors (Lipinski definition) is 4. The number of thiazole rings is 1. The van der Waals surface area contributed by atoms with Crippen LogP contribution in [0.4, 0.5) is 0 Å². The molecule has 0 aromatic carbocycles. The zero-order valence-electron chi connectivity index (χ0n) is 12.6. The van der Waals surface area contributed by atoms with Gasteiger partial charge in [-0.1, -0.05) is 25.7 Å². The first kappa shape index (κ1) is 15.2. The third-order valence-corrected chi connectivity index (χ3v) is 4.96. The van der Waals surface area contributed by atoms with Crippen LogP contribution in [0.3, 0.4) is 0 Å². The van der Waals surface area contributed by atoms with Crippen LogP contribution in [-0.2, 0) is 11.2 Å². The maximum absolute atomic E-state index is 12.2. The first-order valence-corrected chi connectivity index (χ1v) is 8.83. The maximum Gasteiger partial charge on any atom is 0.226 e. The Kier molecular flexibility index (Phi) is 5.16. The van der Waals surface area contributed by atoms with Gasteiger partial charge in [0.05, 0.1) is 12.1 Å². The molecule has 0 saturated heterocycles. The standard InChI is InChI=1S/C17H21N3OS/c21-16(19-14-7-3-1-2-4-8-14)10-15-12-22-17(20-15)13-6-5-9-18-11-13/h5-6,9,11-12,14H,1-4,7-8,10H2,(H,19,21). The highest BCUT2D eigenvalue weighted by Gasteiger charge is 2.16. The molecule has 3 rings (SSSR count). The molecule has 0 spiro atoms. The van der Waals surface area contributed by atoms with Crippen LogP contribution >= 0.6 is 11.3 Å². The van der Waals surface area contributed by atoms with Crippen molar-refractivity contribution in [3.63, 3.8) is 0 Å². The van der Waals surface area contributed by atoms with E-state index in [0.717, 1.165) is 29.1 Å². The minimum absolute atomic E-state index is 0.0925. The molecule has 1 aliphatic carbocycles. The van der Waals surface area contributed by atoms with E-state index in [2.05, 4.69) is 15.3 Å². The van der Waals surface area contributed by atoms with E-state index < -0.39 is 0 Å². The van der Waals surface area contributed by atoms with E-state index in [1.807, 2.05) is 17.5 Å². The van der Waals surface area contributed by atoms with Crippen molar-refractivity contribution in [2.45, 2.75) is 51.0 Å². The number of nitrogens with zero attached hydrogens (tertiary/aromatic N) is 2. The molecule has 5 heteroatoms. The van der Waals surface area contributed by atoms with Crippen molar-refractivity contribution in [3.8, 4) is 10.6 Å². The van der Waals surface area contributed by atoms with Gasteiger partial charge >= 0.3 is 0 Å². The number of hydrogen-bond donors (Lipinski definition) is 1. The molecule has 1 amide bonds. The van der Waals surface area contributed by atoms with Gasteiger partial charge in [0.1, 0.15) is 5.01 Å². The van der Waals surface area contributed by atoms with Gasteiger partial charge in [-0.05, 0) is 25.0 Å². The highest BCUT2D eigenvalue weighted by molar-refractivity contribution is 7.13. The Hall–Kier alpha value is -1.75. The Morgan fingerprint density at radius 3 is 2.82 bits per heavy atom. The Morgan fingerprint density at radius 2 is 2.09 bits per heavy atom. The Labute approximate surface area is 135 Å². The van der Waals surface area contributed by atoms with Crippen molar-refractivity contribution in [2.24, 2.45) is 0 Å². The molecule has 2 heterocycles. The fourth-order valence-corrected chi connectivity index (χ4v) is 3.69. The van der Waals surface area contributed by atoms with Crippen LogP contribution in [0.1, 0.15) is 44.2 Å². The fraction of sp³-hybridized carbons (Fsp3) is 0.471. The average molecular weight is 315 g/mol. The highest BCUT2D eigenvalue weighted by atomic mass is 32.1. The van der Waals surface area contributed by atoms with Gasteiger partial charge in [-0.3, -0.25) is 9.78 Å². The minimum atomic E-state index is 0.0925. The molecule has 0 radical (unpaired) electrons. The van der Waals surface area contributed by atoms with Crippen LogP contribution < -0.4 is 5.32 Å². The summed E-state index contributed by atoms with van der Waals surface area (Å²) in [5.74, 6) is 0.0925. The SMILES string of the molecule is O=C(Cc1csc(-c2cccnc2)n1)NC1CCCCCC1. The molecule has 0 atom stereocenters. The van der Waals surface area contributed by atoms with Crippen molar-refractivity contribution in [3.05, 3.63) is 35.6 Å². The molecule has 4 nitrogen and oxygen atoms in total. The van der Waals surface area contributed by atoms with Crippen molar-refractivity contribution >= 4 is 17.2 Å². The molecule has 1 N–H and O–H groups in total. The van der Waals surface area contributed by atoms with Crippen molar-refractivity contribution < 1.29 is 4.79 Å². The molecule has 116 valence electrons. The van der Waals surface area contributed by atoms with Gasteiger partial charge < -0.3 is 5.32 Å². The summed E-state index contributed by atoms with van der Waals surface area (Å²) < 4.78 is 0. The number of nitrogens with one attached hydrogen (secondary N) is 1. The lowest BCUT2D eigenvalue weighted by molar-refractivity contribution is -0.121. The van der Waals surface area contributed by atoms with Gasteiger partial charge in [0.2, 0.25) is 5.91 Å². The normalized spacial score (nSPS) is 16.2. The number of carbonyl (C=O) groups excluding carboxylic acids is 1. The molecule has 0 bridgehead atoms. The lowest BCUT2D eigenvalue weighted by atomic mass is 10.1. The average Bonchev–Trinajstić information content (AvgIpc) is 2.84. The molecule has 1 aliphatic rings. The maximum atomic E-state index is 12.2. The van der Waals surface area contributed by atoms with Gasteiger partial charge in [0.15, 0.2) is 0 Å². The largest absolute Gasteiger partial charge is 0.353 e. The number of carbonyl (C=O) groups is 1. The minimum Gasteiger partial charge on any atom is -0.353 e. The zero-order chi connectivity index (χ0) is 15.2. The first-order valence-electron chi connectivity index (χ1n) is 7.95. The number of rotatable bonds is 4. The summed E-state index contributed by atoms with van der Waals surface area (Å²) in [5, 5.41) is 6.06. The second kappa shape index (κ2) is 7.49. The van der Waals surface area contributed by atoms with Crippen LogP contribution in [-0.4, -0.2) is 21.9 Å². The number of aromatic nitrogens is 2. The van der Waals surface area contributed by atoms with E-state index in [1.165, 1.54) is 25.7 Å². The summed E-state index contributed by atoms with van der Waals surface area (Å²) >= 11 is 1.56. The predicted octanol–water partition coefficient (Wildman–Crippen LogP) is 3.59. The van der Waals surface area contributed by atoms with Crippen molar-refractivity contribution in [2.75, 3.05) is 0 Å². The molecule has 2 aromatic rings. The summed E-state index contributed by atoms with van der Waals surface area (Å²) in [4.78, 5) is 20.8. The molecule has 1 fully saturated rings. The first-order chi connectivity index (χ1) is 10.8. The van der Waals surface area contributed by atoms with E-state index in [9.17, 15) is 4.79 Å². The van der Waals surface area contributed by atoms with Gasteiger partial charge in [-0.25, -0.2) is 4.98 Å². The summed E-state index contributed by atoms with van der Waals surface area (Å²) in [7, 11) is 0. The quantitative estimate of drug-likeness (QED) is 0.877. The topological polar surface area (TPSA) is 54.9 Å². The highest BCUT2D eigenvalue weighted by Crippen LogP contribution is 2.23. The van der Waals surface area contributed by atoms with E-state index in [4.69, 9.17) is 0 Å². The zero-order valence-corrected chi connectivity index (χ0v) is 13.4. The van der Waals surface area contributed by atoms with Crippen LogP contribution in [0.2, 0.25) is 0 Å². The van der Waals surface area contributed by atoms with Gasteiger partial charge in [0, 0.05) is 29.4 Å². The monoisotopic (exact) mass is 315 g/mol. The fourth-order valence-electron chi connectivity index (χ4n) is 2.88. The molecular formula is C17H21N3OS. The Balaban J connectivity index is 1.56. The summed E-state index contributed by atoms with van der Waals surface area (Å²) in [6, 6.07) is 4.24. The van der Waals surface area contributed by atoms with Crippen LogP contribution in [0, 0.1) is 0 Å². The van der Waals surface area contributed by atoms with Crippen molar-refractivity contribution in [1.82, 2.24) is 15.3 Å². The van der Waals surface area contributed by atoms with Crippen LogP contribution in [0.5, 0.6) is 0 Å². The van der Waals surface area contributed by atoms with Gasteiger partial charge in [-0.15, -0.1) is 11.3 Å². The second-order valence-electron chi connectivity index (χ2n) is 5.82. The summed E-state index contributed by atoms with van der Waals surface area (Å²) in [6.07, 6.45) is 11.2. The van der Waals surface area contributed by atoms with E-state index in [-0.39, 0.29) is 5.91 Å². The molecule has 22 heavy (non-hydrogen) atoms. The molecule has 1 saturated carbocycles. The molecule has 0 unspecified atom stereocenters. The predicted molar refractivity (Wildman–Crippen MR) is 88.7 cm³/mol. The number of pyridine rings is 1. The Bertz CT molecular complexity index is 603. The van der Waals surface area contributed by atoms with E-state index >= 15 is 0 Å².